The molecule has 0 aromatic heterocycles. The summed E-state index contributed by atoms with van der Waals surface area (Å²) in [4.78, 5) is 35.8. The van der Waals surface area contributed by atoms with Gasteiger partial charge in [0.15, 0.2) is 0 Å². The number of carbonyl (C=O) groups excluding carboxylic acids is 3. The molecule has 0 amide bonds. The average Bonchev–Trinajstić information content (AvgIpc) is 2.75. The first-order valence-corrected chi connectivity index (χ1v) is 9.98. The highest BCUT2D eigenvalue weighted by Crippen LogP contribution is 2.50. The van der Waals surface area contributed by atoms with Crippen LogP contribution in [0.5, 0.6) is 0 Å². The summed E-state index contributed by atoms with van der Waals surface area (Å²) in [5, 5.41) is 30.4. The van der Waals surface area contributed by atoms with Gasteiger partial charge in [-0.3, -0.25) is 4.79 Å². The van der Waals surface area contributed by atoms with Gasteiger partial charge < -0.3 is 29.5 Å². The SMILES string of the molecule is C=C[C@]1(C)C[C@H](OC(=O)/C(=C\COC(C)=O)CO)[C@H](C(=C)C(=O)OC)[C@@H](O)[C@@H]1C(=C)CO. The van der Waals surface area contributed by atoms with Gasteiger partial charge in [-0.15, -0.1) is 6.58 Å². The standard InChI is InChI=1S/C23H32O9/c1-7-23(5)10-17(32-22(29)16(12-25)8-9-31-15(4)26)18(14(3)21(28)30-6)20(27)19(23)13(2)11-24/h7-8,17-20,24-25,27H,1-3,9-12H2,4-6H3/b16-8-/t17-,18-,19-,20+,23+/m0/s1. The van der Waals surface area contributed by atoms with E-state index in [0.29, 0.717) is 5.57 Å². The van der Waals surface area contributed by atoms with E-state index in [1.807, 2.05) is 0 Å². The van der Waals surface area contributed by atoms with Crippen LogP contribution in [0.4, 0.5) is 0 Å². The van der Waals surface area contributed by atoms with Gasteiger partial charge >= 0.3 is 17.9 Å². The molecule has 3 N–H and O–H groups in total. The summed E-state index contributed by atoms with van der Waals surface area (Å²) in [5.41, 5.74) is -0.804. The normalized spacial score (nSPS) is 27.8. The molecule has 0 heterocycles. The molecule has 0 aliphatic heterocycles. The van der Waals surface area contributed by atoms with Gasteiger partial charge in [-0.05, 0) is 23.5 Å². The lowest BCUT2D eigenvalue weighted by atomic mass is 9.58. The Labute approximate surface area is 187 Å². The highest BCUT2D eigenvalue weighted by atomic mass is 16.6. The van der Waals surface area contributed by atoms with E-state index in [9.17, 15) is 29.7 Å². The fraction of sp³-hybridized carbons (Fsp3) is 0.522. The lowest BCUT2D eigenvalue weighted by Gasteiger charge is -2.50. The molecular formula is C23H32O9. The smallest absolute Gasteiger partial charge is 0.336 e. The van der Waals surface area contributed by atoms with Crippen molar-refractivity contribution in [2.24, 2.45) is 17.3 Å². The number of allylic oxidation sites excluding steroid dienone is 1. The van der Waals surface area contributed by atoms with Gasteiger partial charge in [0.05, 0.1) is 37.9 Å². The van der Waals surface area contributed by atoms with Crippen LogP contribution in [0.25, 0.3) is 0 Å². The molecule has 0 bridgehead atoms. The molecule has 1 fully saturated rings. The van der Waals surface area contributed by atoms with Crippen LogP contribution in [0.15, 0.2) is 48.6 Å². The quantitative estimate of drug-likeness (QED) is 0.190. The van der Waals surface area contributed by atoms with Crippen molar-refractivity contribution in [3.8, 4) is 0 Å². The largest absolute Gasteiger partial charge is 0.466 e. The summed E-state index contributed by atoms with van der Waals surface area (Å²) in [7, 11) is 1.16. The first-order chi connectivity index (χ1) is 15.0. The topological polar surface area (TPSA) is 140 Å². The fourth-order valence-corrected chi connectivity index (χ4v) is 4.02. The van der Waals surface area contributed by atoms with Gasteiger partial charge in [0.2, 0.25) is 0 Å². The molecule has 1 aliphatic carbocycles. The van der Waals surface area contributed by atoms with Crippen LogP contribution >= 0.6 is 0 Å². The first kappa shape index (κ1) is 27.3. The molecule has 0 unspecified atom stereocenters. The number of rotatable bonds is 10. The summed E-state index contributed by atoms with van der Waals surface area (Å²) in [6, 6.07) is 0. The molecule has 0 saturated heterocycles. The average molecular weight is 453 g/mol. The van der Waals surface area contributed by atoms with Crippen LogP contribution in [0.3, 0.4) is 0 Å². The van der Waals surface area contributed by atoms with Crippen molar-refractivity contribution in [1.29, 1.82) is 0 Å². The van der Waals surface area contributed by atoms with Crippen molar-refractivity contribution < 1.29 is 43.9 Å². The third-order valence-corrected chi connectivity index (χ3v) is 5.73. The second-order valence-electron chi connectivity index (χ2n) is 7.88. The number of carbonyl (C=O) groups is 3. The predicted molar refractivity (Wildman–Crippen MR) is 115 cm³/mol. The molecule has 9 heteroatoms. The highest BCUT2D eigenvalue weighted by molar-refractivity contribution is 5.90. The van der Waals surface area contributed by atoms with Crippen LogP contribution < -0.4 is 0 Å². The van der Waals surface area contributed by atoms with E-state index in [2.05, 4.69) is 19.7 Å². The Morgan fingerprint density at radius 2 is 1.78 bits per heavy atom. The maximum Gasteiger partial charge on any atom is 0.336 e. The zero-order chi connectivity index (χ0) is 24.6. The lowest BCUT2D eigenvalue weighted by Crippen LogP contribution is -2.54. The fourth-order valence-electron chi connectivity index (χ4n) is 4.02. The number of methoxy groups -OCH3 is 1. The zero-order valence-corrected chi connectivity index (χ0v) is 18.7. The molecule has 1 aliphatic rings. The van der Waals surface area contributed by atoms with Crippen LogP contribution in [-0.4, -0.2) is 72.4 Å². The molecule has 0 aromatic carbocycles. The van der Waals surface area contributed by atoms with Crippen molar-refractivity contribution >= 4 is 17.9 Å². The summed E-state index contributed by atoms with van der Waals surface area (Å²) < 4.78 is 15.1. The first-order valence-electron chi connectivity index (χ1n) is 9.98. The molecule has 0 spiro atoms. The van der Waals surface area contributed by atoms with Crippen molar-refractivity contribution in [3.63, 3.8) is 0 Å². The lowest BCUT2D eigenvalue weighted by molar-refractivity contribution is -0.161. The number of hydrogen-bond donors (Lipinski definition) is 3. The summed E-state index contributed by atoms with van der Waals surface area (Å²) in [6.07, 6.45) is 0.545. The van der Waals surface area contributed by atoms with E-state index in [1.165, 1.54) is 13.0 Å². The van der Waals surface area contributed by atoms with E-state index in [1.54, 1.807) is 13.0 Å². The molecule has 1 saturated carbocycles. The van der Waals surface area contributed by atoms with Crippen molar-refractivity contribution in [2.75, 3.05) is 26.9 Å². The Kier molecular flexibility index (Phi) is 10.0. The van der Waals surface area contributed by atoms with E-state index < -0.39 is 60.6 Å². The molecule has 0 aromatic rings. The van der Waals surface area contributed by atoms with E-state index >= 15 is 0 Å². The van der Waals surface area contributed by atoms with Crippen LogP contribution in [0.1, 0.15) is 20.3 Å². The predicted octanol–water partition coefficient (Wildman–Crippen LogP) is 0.847. The number of aliphatic hydroxyl groups is 3. The van der Waals surface area contributed by atoms with E-state index in [-0.39, 0.29) is 24.2 Å². The minimum Gasteiger partial charge on any atom is -0.466 e. The Morgan fingerprint density at radius 1 is 1.16 bits per heavy atom. The van der Waals surface area contributed by atoms with Crippen LogP contribution in [0, 0.1) is 17.3 Å². The number of esters is 3. The van der Waals surface area contributed by atoms with Gasteiger partial charge in [0, 0.05) is 18.4 Å². The minimum atomic E-state index is -1.31. The molecule has 0 radical (unpaired) electrons. The maximum absolute atomic E-state index is 12.7. The van der Waals surface area contributed by atoms with Crippen molar-refractivity contribution in [3.05, 3.63) is 48.6 Å². The van der Waals surface area contributed by atoms with Gasteiger partial charge in [0.1, 0.15) is 12.7 Å². The second kappa shape index (κ2) is 11.8. The summed E-state index contributed by atoms with van der Waals surface area (Å²) >= 11 is 0. The van der Waals surface area contributed by atoms with E-state index in [0.717, 1.165) is 7.11 Å². The maximum atomic E-state index is 12.7. The van der Waals surface area contributed by atoms with Crippen LogP contribution in [0.2, 0.25) is 0 Å². The second-order valence-corrected chi connectivity index (χ2v) is 7.88. The summed E-state index contributed by atoms with van der Waals surface area (Å²) in [5.74, 6) is -4.04. The molecule has 9 nitrogen and oxygen atoms in total. The van der Waals surface area contributed by atoms with Crippen molar-refractivity contribution in [1.82, 2.24) is 0 Å². The molecule has 178 valence electrons. The highest BCUT2D eigenvalue weighted by Gasteiger charge is 2.53. The molecule has 5 atom stereocenters. The Bertz CT molecular complexity index is 797. The minimum absolute atomic E-state index is 0.117. The summed E-state index contributed by atoms with van der Waals surface area (Å²) in [6.45, 7) is 13.0. The zero-order valence-electron chi connectivity index (χ0n) is 18.7. The number of aliphatic hydroxyl groups excluding tert-OH is 3. The number of ether oxygens (including phenoxy) is 3. The Hall–Kier alpha value is -2.75. The number of hydrogen-bond acceptors (Lipinski definition) is 9. The molecular weight excluding hydrogens is 420 g/mol. The van der Waals surface area contributed by atoms with Gasteiger partial charge in [-0.2, -0.15) is 0 Å². The van der Waals surface area contributed by atoms with Gasteiger partial charge in [-0.25, -0.2) is 9.59 Å². The van der Waals surface area contributed by atoms with Crippen molar-refractivity contribution in [2.45, 2.75) is 32.5 Å². The Morgan fingerprint density at radius 3 is 2.25 bits per heavy atom. The third-order valence-electron chi connectivity index (χ3n) is 5.73. The van der Waals surface area contributed by atoms with Gasteiger partial charge in [0.25, 0.3) is 0 Å². The van der Waals surface area contributed by atoms with E-state index in [4.69, 9.17) is 14.2 Å². The third kappa shape index (κ3) is 6.15. The Balaban J connectivity index is 3.35. The van der Waals surface area contributed by atoms with Gasteiger partial charge in [-0.1, -0.05) is 26.2 Å². The molecule has 1 rings (SSSR count). The monoisotopic (exact) mass is 452 g/mol. The molecule has 32 heavy (non-hydrogen) atoms. The van der Waals surface area contributed by atoms with Crippen LogP contribution in [-0.2, 0) is 28.6 Å².